The van der Waals surface area contributed by atoms with Crippen molar-refractivity contribution < 1.29 is 9.47 Å². The van der Waals surface area contributed by atoms with Gasteiger partial charge in [0.1, 0.15) is 0 Å². The summed E-state index contributed by atoms with van der Waals surface area (Å²) in [6, 6.07) is 0.208. The van der Waals surface area contributed by atoms with Crippen LogP contribution in [0, 0.1) is 5.92 Å². The van der Waals surface area contributed by atoms with Crippen molar-refractivity contribution in [1.82, 2.24) is 19.5 Å². The number of rotatable bonds is 4. The SMILES string of the molecule is COC[C@@H]1C=C[C@H](n2cnc3c(OC)nc(N)nc32)C1. The van der Waals surface area contributed by atoms with E-state index >= 15 is 0 Å². The molecule has 0 saturated heterocycles. The van der Waals surface area contributed by atoms with Crippen LogP contribution in [-0.4, -0.2) is 40.3 Å². The highest BCUT2D eigenvalue weighted by molar-refractivity contribution is 5.77. The molecular formula is C13H17N5O2. The molecule has 2 aromatic heterocycles. The summed E-state index contributed by atoms with van der Waals surface area (Å²) in [5.74, 6) is 1.01. The maximum Gasteiger partial charge on any atom is 0.246 e. The summed E-state index contributed by atoms with van der Waals surface area (Å²) in [6.07, 6.45) is 7.04. The van der Waals surface area contributed by atoms with Gasteiger partial charge in [0.05, 0.1) is 26.1 Å². The smallest absolute Gasteiger partial charge is 0.246 e. The van der Waals surface area contributed by atoms with Gasteiger partial charge in [0.25, 0.3) is 0 Å². The molecule has 0 unspecified atom stereocenters. The molecule has 2 heterocycles. The summed E-state index contributed by atoms with van der Waals surface area (Å²) in [6.45, 7) is 0.722. The Bertz CT molecular complexity index is 651. The summed E-state index contributed by atoms with van der Waals surface area (Å²) in [5, 5.41) is 0. The fourth-order valence-corrected chi connectivity index (χ4v) is 2.59. The molecule has 0 bridgehead atoms. The van der Waals surface area contributed by atoms with Crippen molar-refractivity contribution in [1.29, 1.82) is 0 Å². The highest BCUT2D eigenvalue weighted by Crippen LogP contribution is 2.31. The van der Waals surface area contributed by atoms with E-state index in [1.807, 2.05) is 4.57 Å². The highest BCUT2D eigenvalue weighted by atomic mass is 16.5. The van der Waals surface area contributed by atoms with Crippen molar-refractivity contribution in [3.8, 4) is 5.88 Å². The molecule has 2 aromatic rings. The number of ether oxygens (including phenoxy) is 2. The number of aromatic nitrogens is 4. The number of anilines is 1. The van der Waals surface area contributed by atoms with Crippen LogP contribution in [0.25, 0.3) is 11.2 Å². The van der Waals surface area contributed by atoms with Gasteiger partial charge in [-0.05, 0) is 6.42 Å². The van der Waals surface area contributed by atoms with Crippen molar-refractivity contribution in [2.45, 2.75) is 12.5 Å². The number of allylic oxidation sites excluding steroid dienone is 1. The molecule has 0 spiro atoms. The first-order valence-electron chi connectivity index (χ1n) is 6.44. The molecule has 2 N–H and O–H groups in total. The first-order chi connectivity index (χ1) is 9.72. The van der Waals surface area contributed by atoms with Gasteiger partial charge in [0.2, 0.25) is 11.8 Å². The zero-order chi connectivity index (χ0) is 14.1. The third kappa shape index (κ3) is 2.09. The lowest BCUT2D eigenvalue weighted by molar-refractivity contribution is 0.166. The summed E-state index contributed by atoms with van der Waals surface area (Å²) in [7, 11) is 3.26. The third-order valence-electron chi connectivity index (χ3n) is 3.49. The third-order valence-corrected chi connectivity index (χ3v) is 3.49. The number of imidazole rings is 1. The lowest BCUT2D eigenvalue weighted by Gasteiger charge is -2.13. The quantitative estimate of drug-likeness (QED) is 0.843. The molecule has 106 valence electrons. The molecule has 0 saturated carbocycles. The second kappa shape index (κ2) is 5.09. The van der Waals surface area contributed by atoms with Gasteiger partial charge >= 0.3 is 0 Å². The molecule has 0 fully saturated rings. The number of nitrogen functional groups attached to an aromatic ring is 1. The fraction of sp³-hybridized carbons (Fsp3) is 0.462. The van der Waals surface area contributed by atoms with Gasteiger partial charge in [-0.2, -0.15) is 9.97 Å². The predicted molar refractivity (Wildman–Crippen MR) is 74.4 cm³/mol. The van der Waals surface area contributed by atoms with Gasteiger partial charge < -0.3 is 19.8 Å². The van der Waals surface area contributed by atoms with Crippen LogP contribution in [-0.2, 0) is 4.74 Å². The number of nitrogens with two attached hydrogens (primary N) is 1. The maximum atomic E-state index is 5.72. The standard InChI is InChI=1S/C13H17N5O2/c1-19-6-8-3-4-9(5-8)18-7-15-10-11(18)16-13(14)17-12(10)20-2/h3-4,7-9H,5-6H2,1-2H3,(H2,14,16,17)/t8-,9+/m1/s1. The number of nitrogens with zero attached hydrogens (tertiary/aromatic N) is 4. The second-order valence-electron chi connectivity index (χ2n) is 4.82. The molecule has 7 nitrogen and oxygen atoms in total. The van der Waals surface area contributed by atoms with Gasteiger partial charge in [-0.15, -0.1) is 0 Å². The van der Waals surface area contributed by atoms with Crippen LogP contribution in [0.4, 0.5) is 5.95 Å². The van der Waals surface area contributed by atoms with E-state index in [1.54, 1.807) is 20.5 Å². The van der Waals surface area contributed by atoms with E-state index in [0.717, 1.165) is 13.0 Å². The first kappa shape index (κ1) is 12.9. The Morgan fingerprint density at radius 2 is 2.20 bits per heavy atom. The Kier molecular flexibility index (Phi) is 3.27. The van der Waals surface area contributed by atoms with Crippen molar-refractivity contribution in [2.75, 3.05) is 26.6 Å². The molecule has 0 aliphatic heterocycles. The number of fused-ring (bicyclic) bond motifs is 1. The number of hydrogen-bond acceptors (Lipinski definition) is 6. The monoisotopic (exact) mass is 275 g/mol. The first-order valence-corrected chi connectivity index (χ1v) is 6.44. The average molecular weight is 275 g/mol. The Hall–Kier alpha value is -2.15. The van der Waals surface area contributed by atoms with Crippen LogP contribution < -0.4 is 10.5 Å². The van der Waals surface area contributed by atoms with E-state index in [9.17, 15) is 0 Å². The van der Waals surface area contributed by atoms with Crippen molar-refractivity contribution in [2.24, 2.45) is 5.92 Å². The van der Waals surface area contributed by atoms with E-state index < -0.39 is 0 Å². The number of hydrogen-bond donors (Lipinski definition) is 1. The van der Waals surface area contributed by atoms with Crippen LogP contribution in [0.5, 0.6) is 5.88 Å². The largest absolute Gasteiger partial charge is 0.479 e. The summed E-state index contributed by atoms with van der Waals surface area (Å²) in [5.41, 5.74) is 7.05. The van der Waals surface area contributed by atoms with E-state index in [-0.39, 0.29) is 12.0 Å². The Morgan fingerprint density at radius 3 is 2.95 bits per heavy atom. The van der Waals surface area contributed by atoms with Crippen molar-refractivity contribution in [3.05, 3.63) is 18.5 Å². The minimum Gasteiger partial charge on any atom is -0.479 e. The van der Waals surface area contributed by atoms with Gasteiger partial charge in [0.15, 0.2) is 11.2 Å². The van der Waals surface area contributed by atoms with Crippen LogP contribution in [0.3, 0.4) is 0 Å². The molecule has 0 radical (unpaired) electrons. The van der Waals surface area contributed by atoms with Crippen molar-refractivity contribution in [3.63, 3.8) is 0 Å². The maximum absolute atomic E-state index is 5.72. The molecule has 1 aliphatic rings. The second-order valence-corrected chi connectivity index (χ2v) is 4.82. The van der Waals surface area contributed by atoms with Crippen LogP contribution >= 0.6 is 0 Å². The topological polar surface area (TPSA) is 88.1 Å². The Balaban J connectivity index is 1.97. The number of methoxy groups -OCH3 is 2. The highest BCUT2D eigenvalue weighted by Gasteiger charge is 2.23. The lowest BCUT2D eigenvalue weighted by Crippen LogP contribution is -2.09. The van der Waals surface area contributed by atoms with Gasteiger partial charge in [-0.1, -0.05) is 12.2 Å². The average Bonchev–Trinajstić information content (AvgIpc) is 3.04. The molecule has 20 heavy (non-hydrogen) atoms. The van der Waals surface area contributed by atoms with E-state index in [1.165, 1.54) is 0 Å². The van der Waals surface area contributed by atoms with E-state index in [2.05, 4.69) is 27.1 Å². The molecule has 0 aromatic carbocycles. The van der Waals surface area contributed by atoms with Crippen molar-refractivity contribution >= 4 is 17.1 Å². The van der Waals surface area contributed by atoms with Crippen LogP contribution in [0.15, 0.2) is 18.5 Å². The molecule has 0 amide bonds. The molecule has 1 aliphatic carbocycles. The summed E-state index contributed by atoms with van der Waals surface area (Å²) in [4.78, 5) is 12.7. The minimum atomic E-state index is 0.187. The van der Waals surface area contributed by atoms with Gasteiger partial charge in [-0.25, -0.2) is 4.98 Å². The Morgan fingerprint density at radius 1 is 1.35 bits per heavy atom. The zero-order valence-electron chi connectivity index (χ0n) is 11.5. The zero-order valence-corrected chi connectivity index (χ0v) is 11.5. The van der Waals surface area contributed by atoms with E-state index in [4.69, 9.17) is 15.2 Å². The fourth-order valence-electron chi connectivity index (χ4n) is 2.59. The predicted octanol–water partition coefficient (Wildman–Crippen LogP) is 1.18. The molecule has 2 atom stereocenters. The van der Waals surface area contributed by atoms with Crippen LogP contribution in [0.1, 0.15) is 12.5 Å². The molecule has 7 heteroatoms. The summed E-state index contributed by atoms with van der Waals surface area (Å²) >= 11 is 0. The molecule has 3 rings (SSSR count). The summed E-state index contributed by atoms with van der Waals surface area (Å²) < 4.78 is 12.4. The van der Waals surface area contributed by atoms with Gasteiger partial charge in [0, 0.05) is 13.0 Å². The van der Waals surface area contributed by atoms with E-state index in [0.29, 0.717) is 23.0 Å². The van der Waals surface area contributed by atoms with Gasteiger partial charge in [-0.3, -0.25) is 0 Å². The van der Waals surface area contributed by atoms with Crippen LogP contribution in [0.2, 0.25) is 0 Å². The molecular weight excluding hydrogens is 258 g/mol. The lowest BCUT2D eigenvalue weighted by atomic mass is 10.1. The Labute approximate surface area is 116 Å². The minimum absolute atomic E-state index is 0.187. The normalized spacial score (nSPS) is 21.7.